The zero-order valence-electron chi connectivity index (χ0n) is 33.3. The second-order valence-electron chi connectivity index (χ2n) is 15.8. The first-order chi connectivity index (χ1) is 26.6. The lowest BCUT2D eigenvalue weighted by atomic mass is 9.55. The molecule has 0 aromatic heterocycles. The molecule has 1 heterocycles. The molecule has 6 atom stereocenters. The lowest BCUT2D eigenvalue weighted by molar-refractivity contribution is -0.255. The maximum absolute atomic E-state index is 14.4. The standard InChI is InChI=1S/C45H62N2O8/c1-7-23-47(43(50)52-31-32-17-11-10-12-18-32)40-30-38(46-55-44(4,5)6)36-28-33(19-13-15-24-48)35(20-14-16-25-49)41-37-29-34(51-26-8-2)21-22-39(37)54-45(40,42(36)41)53-27-9-3/h8-12,17-18,21-22,28-29,33,35,40-42,48-49H,2-3,7,13-16,19-20,23-27,30-31H2,1,4-6H3/t33-,35+,40-,41+,42+,45+/m0/s1. The van der Waals surface area contributed by atoms with Crippen LogP contribution < -0.4 is 9.47 Å². The predicted molar refractivity (Wildman–Crippen MR) is 215 cm³/mol. The van der Waals surface area contributed by atoms with Crippen LogP contribution in [0.5, 0.6) is 11.5 Å². The number of oxime groups is 1. The van der Waals surface area contributed by atoms with Crippen molar-refractivity contribution in [1.82, 2.24) is 4.90 Å². The average Bonchev–Trinajstić information content (AvgIpc) is 3.18. The molecule has 1 amide bonds. The Balaban J connectivity index is 1.75. The van der Waals surface area contributed by atoms with Crippen LogP contribution in [0.15, 0.2) is 90.6 Å². The van der Waals surface area contributed by atoms with Crippen LogP contribution in [0, 0.1) is 17.8 Å². The van der Waals surface area contributed by atoms with E-state index in [1.54, 1.807) is 17.1 Å². The first-order valence-electron chi connectivity index (χ1n) is 20.1. The molecule has 0 unspecified atom stereocenters. The van der Waals surface area contributed by atoms with E-state index in [-0.39, 0.29) is 44.2 Å². The molecule has 1 aliphatic heterocycles. The quantitative estimate of drug-likeness (QED) is 0.0782. The molecule has 2 aromatic carbocycles. The second kappa shape index (κ2) is 19.6. The van der Waals surface area contributed by atoms with E-state index in [0.717, 1.165) is 48.1 Å². The molecule has 0 spiro atoms. The van der Waals surface area contributed by atoms with E-state index >= 15 is 0 Å². The lowest BCUT2D eigenvalue weighted by Crippen LogP contribution is -2.70. The van der Waals surface area contributed by atoms with Crippen LogP contribution in [0.4, 0.5) is 4.79 Å². The number of aliphatic hydroxyl groups is 2. The van der Waals surface area contributed by atoms with Gasteiger partial charge in [0.25, 0.3) is 0 Å². The third-order valence-corrected chi connectivity index (χ3v) is 10.7. The van der Waals surface area contributed by atoms with Gasteiger partial charge in [0.1, 0.15) is 36.4 Å². The van der Waals surface area contributed by atoms with Gasteiger partial charge in [-0.25, -0.2) is 4.79 Å². The average molecular weight is 759 g/mol. The number of hydrogen-bond acceptors (Lipinski definition) is 9. The number of rotatable bonds is 20. The van der Waals surface area contributed by atoms with Crippen LogP contribution in [0.25, 0.3) is 0 Å². The number of ether oxygens (including phenoxy) is 4. The molecule has 3 aliphatic rings. The van der Waals surface area contributed by atoms with Gasteiger partial charge in [-0.1, -0.05) is 80.1 Å². The van der Waals surface area contributed by atoms with Crippen molar-refractivity contribution in [2.75, 3.05) is 33.0 Å². The molecule has 300 valence electrons. The molecule has 0 saturated heterocycles. The summed E-state index contributed by atoms with van der Waals surface area (Å²) in [5.41, 5.74) is 3.06. The molecular formula is C45H62N2O8. The summed E-state index contributed by atoms with van der Waals surface area (Å²) in [5.74, 6) is -0.302. The van der Waals surface area contributed by atoms with Gasteiger partial charge >= 0.3 is 6.09 Å². The summed E-state index contributed by atoms with van der Waals surface area (Å²) < 4.78 is 26.4. The van der Waals surface area contributed by atoms with Crippen molar-refractivity contribution in [3.8, 4) is 11.5 Å². The number of aliphatic hydroxyl groups excluding tert-OH is 2. The third kappa shape index (κ3) is 10.0. The Kier molecular flexibility index (Phi) is 15.0. The third-order valence-electron chi connectivity index (χ3n) is 10.7. The number of nitrogens with zero attached hydrogens (tertiary/aromatic N) is 2. The minimum atomic E-state index is -1.35. The van der Waals surface area contributed by atoms with Gasteiger partial charge in [0, 0.05) is 37.7 Å². The van der Waals surface area contributed by atoms with Gasteiger partial charge in [0.05, 0.1) is 18.2 Å². The second-order valence-corrected chi connectivity index (χ2v) is 15.8. The van der Waals surface area contributed by atoms with Gasteiger partial charge in [0.2, 0.25) is 5.79 Å². The number of benzene rings is 2. The summed E-state index contributed by atoms with van der Waals surface area (Å²) in [5, 5.41) is 24.6. The van der Waals surface area contributed by atoms with Gasteiger partial charge in [-0.2, -0.15) is 0 Å². The van der Waals surface area contributed by atoms with Crippen molar-refractivity contribution in [2.45, 2.75) is 109 Å². The highest BCUT2D eigenvalue weighted by Crippen LogP contribution is 2.62. The summed E-state index contributed by atoms with van der Waals surface area (Å²) in [7, 11) is 0. The highest BCUT2D eigenvalue weighted by atomic mass is 16.7. The Morgan fingerprint density at radius 3 is 2.42 bits per heavy atom. The Bertz CT molecular complexity index is 1630. The van der Waals surface area contributed by atoms with Gasteiger partial charge in [-0.15, -0.1) is 6.58 Å². The number of amides is 1. The van der Waals surface area contributed by atoms with E-state index in [4.69, 9.17) is 28.9 Å². The van der Waals surface area contributed by atoms with Crippen LogP contribution in [0.3, 0.4) is 0 Å². The van der Waals surface area contributed by atoms with Crippen LogP contribution in [0.1, 0.15) is 96.1 Å². The maximum Gasteiger partial charge on any atom is 0.410 e. The first-order valence-corrected chi connectivity index (χ1v) is 20.1. The highest BCUT2D eigenvalue weighted by molar-refractivity contribution is 6.03. The van der Waals surface area contributed by atoms with Crippen molar-refractivity contribution < 1.29 is 38.8 Å². The summed E-state index contributed by atoms with van der Waals surface area (Å²) in [6.07, 6.45) is 11.1. The molecule has 5 rings (SSSR count). The van der Waals surface area contributed by atoms with E-state index in [1.165, 1.54) is 0 Å². The van der Waals surface area contributed by atoms with Crippen molar-refractivity contribution in [3.05, 3.63) is 96.6 Å². The lowest BCUT2D eigenvalue weighted by Gasteiger charge is -2.60. The summed E-state index contributed by atoms with van der Waals surface area (Å²) in [6, 6.07) is 14.9. The van der Waals surface area contributed by atoms with E-state index in [9.17, 15) is 15.0 Å². The van der Waals surface area contributed by atoms with Crippen molar-refractivity contribution in [3.63, 3.8) is 0 Å². The Labute approximate surface area is 327 Å². The monoisotopic (exact) mass is 758 g/mol. The molecule has 1 fully saturated rings. The molecule has 10 nitrogen and oxygen atoms in total. The number of carbonyl (C=O) groups is 1. The van der Waals surface area contributed by atoms with E-state index in [0.29, 0.717) is 50.3 Å². The van der Waals surface area contributed by atoms with E-state index in [1.807, 2.05) is 70.2 Å². The van der Waals surface area contributed by atoms with Gasteiger partial charge in [-0.3, -0.25) is 4.90 Å². The topological polar surface area (TPSA) is 119 Å². The normalized spacial score (nSPS) is 24.8. The summed E-state index contributed by atoms with van der Waals surface area (Å²) in [4.78, 5) is 22.4. The fourth-order valence-corrected chi connectivity index (χ4v) is 8.50. The number of allylic oxidation sites excluding steroid dienone is 1. The SMILES string of the molecule is C=CCOc1ccc2c(c1)[C@H]1[C@H](CCCCO)[C@@H](CCCCO)C=C3C(=NOC(C)(C)C)C[C@H](N(CCC)C(=O)OCc4ccccc4)[C@@](OCC=C)(O2)[C@H]31. The van der Waals surface area contributed by atoms with E-state index in [2.05, 4.69) is 25.3 Å². The van der Waals surface area contributed by atoms with Crippen molar-refractivity contribution >= 4 is 11.8 Å². The smallest absolute Gasteiger partial charge is 0.410 e. The first kappa shape index (κ1) is 42.0. The molecule has 2 aromatic rings. The zero-order chi connectivity index (χ0) is 39.4. The predicted octanol–water partition coefficient (Wildman–Crippen LogP) is 8.73. The highest BCUT2D eigenvalue weighted by Gasteiger charge is 2.65. The fourth-order valence-electron chi connectivity index (χ4n) is 8.50. The number of carbonyl (C=O) groups excluding carboxylic acids is 1. The molecule has 2 N–H and O–H groups in total. The molecule has 1 saturated carbocycles. The van der Waals surface area contributed by atoms with Crippen molar-refractivity contribution in [2.24, 2.45) is 22.9 Å². The Morgan fingerprint density at radius 2 is 1.75 bits per heavy atom. The molecule has 0 radical (unpaired) electrons. The Morgan fingerprint density at radius 1 is 1.02 bits per heavy atom. The van der Waals surface area contributed by atoms with Gasteiger partial charge < -0.3 is 34.0 Å². The molecule has 0 bridgehead atoms. The molecule has 55 heavy (non-hydrogen) atoms. The fraction of sp³-hybridized carbons (Fsp3) is 0.556. The van der Waals surface area contributed by atoms with Crippen LogP contribution >= 0.6 is 0 Å². The number of unbranched alkanes of at least 4 members (excludes halogenated alkanes) is 2. The molecule has 10 heteroatoms. The van der Waals surface area contributed by atoms with Crippen LogP contribution in [-0.4, -0.2) is 77.3 Å². The maximum atomic E-state index is 14.4. The minimum absolute atomic E-state index is 0.108. The minimum Gasteiger partial charge on any atom is -0.490 e. The van der Waals surface area contributed by atoms with Crippen LogP contribution in [-0.2, 0) is 20.9 Å². The Hall–Kier alpha value is -4.12. The molecule has 2 aliphatic carbocycles. The zero-order valence-corrected chi connectivity index (χ0v) is 33.3. The van der Waals surface area contributed by atoms with Crippen molar-refractivity contribution in [1.29, 1.82) is 0 Å². The summed E-state index contributed by atoms with van der Waals surface area (Å²) >= 11 is 0. The largest absolute Gasteiger partial charge is 0.490 e. The molecular weight excluding hydrogens is 697 g/mol. The number of hydrogen-bond donors (Lipinski definition) is 2. The van der Waals surface area contributed by atoms with Gasteiger partial charge in [0.15, 0.2) is 0 Å². The van der Waals surface area contributed by atoms with E-state index < -0.39 is 29.4 Å². The van der Waals surface area contributed by atoms with Gasteiger partial charge in [-0.05, 0) is 94.0 Å². The summed E-state index contributed by atoms with van der Waals surface area (Å²) in [6.45, 7) is 17.1. The number of fused-ring (bicyclic) bond motifs is 2. The van der Waals surface area contributed by atoms with Crippen LogP contribution in [0.2, 0.25) is 0 Å².